The molecule has 1 rings (SSSR count). The molecule has 0 aliphatic heterocycles. The minimum atomic E-state index is -1.11. The van der Waals surface area contributed by atoms with Gasteiger partial charge in [-0.3, -0.25) is 0 Å². The van der Waals surface area contributed by atoms with Crippen LogP contribution in [0, 0.1) is 0 Å². The van der Waals surface area contributed by atoms with E-state index in [1.165, 1.54) is 13.3 Å². The molecule has 0 radical (unpaired) electrons. The molecule has 6 heteroatoms. The second-order valence-electron chi connectivity index (χ2n) is 2.76. The van der Waals surface area contributed by atoms with E-state index in [1.54, 1.807) is 7.11 Å². The first-order chi connectivity index (χ1) is 7.19. The third-order valence-electron chi connectivity index (χ3n) is 1.76. The van der Waals surface area contributed by atoms with Crippen molar-refractivity contribution in [3.8, 4) is 5.88 Å². The van der Waals surface area contributed by atoms with Crippen molar-refractivity contribution in [3.05, 3.63) is 17.6 Å². The summed E-state index contributed by atoms with van der Waals surface area (Å²) in [7, 11) is 2.94. The number of carbonyl (C=O) groups is 1. The van der Waals surface area contributed by atoms with Crippen molar-refractivity contribution in [2.45, 2.75) is 6.42 Å². The van der Waals surface area contributed by atoms with Crippen LogP contribution in [0.4, 0.5) is 0 Å². The van der Waals surface area contributed by atoms with E-state index in [4.69, 9.17) is 14.6 Å². The predicted octanol–water partition coefficient (Wildman–Crippen LogP) is 0.372. The van der Waals surface area contributed by atoms with Gasteiger partial charge in [-0.2, -0.15) is 4.98 Å². The van der Waals surface area contributed by atoms with Gasteiger partial charge in [0.15, 0.2) is 0 Å². The Labute approximate surface area is 86.9 Å². The van der Waals surface area contributed by atoms with Crippen molar-refractivity contribution in [2.24, 2.45) is 0 Å². The first-order valence-electron chi connectivity index (χ1n) is 4.31. The highest BCUT2D eigenvalue weighted by Gasteiger charge is 2.13. The number of carboxylic acid groups (broad SMARTS) is 1. The highest BCUT2D eigenvalue weighted by atomic mass is 16.5. The van der Waals surface area contributed by atoms with Gasteiger partial charge in [0.05, 0.1) is 13.7 Å². The molecule has 15 heavy (non-hydrogen) atoms. The number of hydrogen-bond donors (Lipinski definition) is 1. The lowest BCUT2D eigenvalue weighted by atomic mass is 10.3. The van der Waals surface area contributed by atoms with Crippen molar-refractivity contribution < 1.29 is 19.4 Å². The maximum Gasteiger partial charge on any atom is 0.342 e. The van der Waals surface area contributed by atoms with Crippen molar-refractivity contribution in [3.63, 3.8) is 0 Å². The minimum Gasteiger partial charge on any atom is -0.480 e. The average molecular weight is 212 g/mol. The molecule has 0 fully saturated rings. The molecule has 0 unspecified atom stereocenters. The molecule has 0 amide bonds. The SMILES string of the molecule is COCCc1ncc(C(=O)O)c(OC)n1. The van der Waals surface area contributed by atoms with Gasteiger partial charge in [0.25, 0.3) is 0 Å². The number of ether oxygens (including phenoxy) is 2. The Morgan fingerprint density at radius 3 is 2.80 bits per heavy atom. The standard InChI is InChI=1S/C9H12N2O4/c1-14-4-3-7-10-5-6(9(12)13)8(11-7)15-2/h5H,3-4H2,1-2H3,(H,12,13). The lowest BCUT2D eigenvalue weighted by molar-refractivity contribution is 0.0691. The summed E-state index contributed by atoms with van der Waals surface area (Å²) < 4.78 is 9.71. The second kappa shape index (κ2) is 5.26. The molecule has 0 aliphatic rings. The number of rotatable bonds is 5. The van der Waals surface area contributed by atoms with Crippen LogP contribution in [-0.2, 0) is 11.2 Å². The molecule has 1 aromatic rings. The quantitative estimate of drug-likeness (QED) is 0.759. The summed E-state index contributed by atoms with van der Waals surface area (Å²) in [5, 5.41) is 8.78. The first-order valence-corrected chi connectivity index (χ1v) is 4.31. The molecule has 0 atom stereocenters. The smallest absolute Gasteiger partial charge is 0.342 e. The fraction of sp³-hybridized carbons (Fsp3) is 0.444. The van der Waals surface area contributed by atoms with Gasteiger partial charge in [-0.15, -0.1) is 0 Å². The molecule has 0 spiro atoms. The molecular weight excluding hydrogens is 200 g/mol. The average Bonchev–Trinajstić information content (AvgIpc) is 2.25. The lowest BCUT2D eigenvalue weighted by Crippen LogP contribution is -2.08. The highest BCUT2D eigenvalue weighted by Crippen LogP contribution is 2.13. The maximum absolute atomic E-state index is 10.7. The molecule has 1 heterocycles. The van der Waals surface area contributed by atoms with Crippen LogP contribution < -0.4 is 4.74 Å². The summed E-state index contributed by atoms with van der Waals surface area (Å²) in [6, 6.07) is 0. The van der Waals surface area contributed by atoms with Crippen LogP contribution in [0.1, 0.15) is 16.2 Å². The van der Waals surface area contributed by atoms with Gasteiger partial charge < -0.3 is 14.6 Å². The van der Waals surface area contributed by atoms with Crippen molar-refractivity contribution in [2.75, 3.05) is 20.8 Å². The van der Waals surface area contributed by atoms with Gasteiger partial charge in [-0.05, 0) is 0 Å². The number of carboxylic acids is 1. The Hall–Kier alpha value is -1.69. The molecule has 1 N–H and O–H groups in total. The molecule has 82 valence electrons. The predicted molar refractivity (Wildman–Crippen MR) is 51.1 cm³/mol. The number of aromatic nitrogens is 2. The molecule has 0 saturated heterocycles. The van der Waals surface area contributed by atoms with Gasteiger partial charge in [-0.25, -0.2) is 9.78 Å². The van der Waals surface area contributed by atoms with Crippen molar-refractivity contribution in [1.29, 1.82) is 0 Å². The summed E-state index contributed by atoms with van der Waals surface area (Å²) in [5.74, 6) is -0.535. The van der Waals surface area contributed by atoms with Crippen LogP contribution in [0.15, 0.2) is 6.20 Å². The van der Waals surface area contributed by atoms with Gasteiger partial charge in [0, 0.05) is 19.7 Å². The summed E-state index contributed by atoms with van der Waals surface area (Å²) in [4.78, 5) is 18.6. The zero-order valence-electron chi connectivity index (χ0n) is 8.56. The zero-order valence-corrected chi connectivity index (χ0v) is 8.56. The van der Waals surface area contributed by atoms with Gasteiger partial charge >= 0.3 is 5.97 Å². The van der Waals surface area contributed by atoms with Crippen LogP contribution >= 0.6 is 0 Å². The van der Waals surface area contributed by atoms with Gasteiger partial charge in [-0.1, -0.05) is 0 Å². The molecule has 1 aromatic heterocycles. The topological polar surface area (TPSA) is 81.5 Å². The fourth-order valence-electron chi connectivity index (χ4n) is 1.02. The van der Waals surface area contributed by atoms with E-state index < -0.39 is 5.97 Å². The Morgan fingerprint density at radius 1 is 1.53 bits per heavy atom. The number of aromatic carboxylic acids is 1. The van der Waals surface area contributed by atoms with Crippen molar-refractivity contribution >= 4 is 5.97 Å². The minimum absolute atomic E-state index is 0.0429. The van der Waals surface area contributed by atoms with Crippen molar-refractivity contribution in [1.82, 2.24) is 9.97 Å². The third kappa shape index (κ3) is 2.88. The molecule has 0 saturated carbocycles. The second-order valence-corrected chi connectivity index (χ2v) is 2.76. The van der Waals surface area contributed by atoms with Crippen LogP contribution in [-0.4, -0.2) is 41.9 Å². The Kier molecular flexibility index (Phi) is 3.99. The molecule has 6 nitrogen and oxygen atoms in total. The van der Waals surface area contributed by atoms with E-state index in [0.29, 0.717) is 18.9 Å². The van der Waals surface area contributed by atoms with E-state index in [-0.39, 0.29) is 11.4 Å². The normalized spacial score (nSPS) is 10.0. The first kappa shape index (κ1) is 11.4. The van der Waals surface area contributed by atoms with E-state index in [2.05, 4.69) is 9.97 Å². The Balaban J connectivity index is 2.92. The number of hydrogen-bond acceptors (Lipinski definition) is 5. The van der Waals surface area contributed by atoms with Crippen LogP contribution in [0.5, 0.6) is 5.88 Å². The summed E-state index contributed by atoms with van der Waals surface area (Å²) in [6.07, 6.45) is 1.76. The van der Waals surface area contributed by atoms with E-state index in [0.717, 1.165) is 0 Å². The van der Waals surface area contributed by atoms with Crippen LogP contribution in [0.2, 0.25) is 0 Å². The zero-order chi connectivity index (χ0) is 11.3. The number of methoxy groups -OCH3 is 2. The fourth-order valence-corrected chi connectivity index (χ4v) is 1.02. The monoisotopic (exact) mass is 212 g/mol. The van der Waals surface area contributed by atoms with Crippen LogP contribution in [0.25, 0.3) is 0 Å². The highest BCUT2D eigenvalue weighted by molar-refractivity contribution is 5.89. The lowest BCUT2D eigenvalue weighted by Gasteiger charge is -2.05. The molecule has 0 aliphatic carbocycles. The van der Waals surface area contributed by atoms with E-state index in [1.807, 2.05) is 0 Å². The summed E-state index contributed by atoms with van der Waals surface area (Å²) in [5.41, 5.74) is -0.0429. The van der Waals surface area contributed by atoms with Gasteiger partial charge in [0.2, 0.25) is 5.88 Å². The molecular formula is C9H12N2O4. The van der Waals surface area contributed by atoms with E-state index >= 15 is 0 Å². The summed E-state index contributed by atoms with van der Waals surface area (Å²) >= 11 is 0. The number of nitrogens with zero attached hydrogens (tertiary/aromatic N) is 2. The molecule has 0 aromatic carbocycles. The largest absolute Gasteiger partial charge is 0.480 e. The maximum atomic E-state index is 10.7. The summed E-state index contributed by atoms with van der Waals surface area (Å²) in [6.45, 7) is 0.482. The van der Waals surface area contributed by atoms with Crippen LogP contribution in [0.3, 0.4) is 0 Å². The molecule has 0 bridgehead atoms. The third-order valence-corrected chi connectivity index (χ3v) is 1.76. The Bertz CT molecular complexity index is 354. The Morgan fingerprint density at radius 2 is 2.27 bits per heavy atom. The van der Waals surface area contributed by atoms with Gasteiger partial charge in [0.1, 0.15) is 11.4 Å². The van der Waals surface area contributed by atoms with E-state index in [9.17, 15) is 4.79 Å².